The summed E-state index contributed by atoms with van der Waals surface area (Å²) in [5, 5.41) is 9.54. The molecule has 1 saturated carbocycles. The van der Waals surface area contributed by atoms with Gasteiger partial charge in [-0.2, -0.15) is 0 Å². The Morgan fingerprint density at radius 2 is 2.11 bits per heavy atom. The molecule has 0 radical (unpaired) electrons. The lowest BCUT2D eigenvalue weighted by atomic mass is 10.1. The first-order chi connectivity index (χ1) is 9.18. The number of hydrogen-bond acceptors (Lipinski definition) is 3. The van der Waals surface area contributed by atoms with Crippen LogP contribution in [0.2, 0.25) is 0 Å². The molecular weight excluding hydrogens is 244 g/mol. The van der Waals surface area contributed by atoms with Gasteiger partial charge in [0.25, 0.3) is 0 Å². The minimum atomic E-state index is -1.18. The van der Waals surface area contributed by atoms with Crippen LogP contribution in [0.15, 0.2) is 29.3 Å². The van der Waals surface area contributed by atoms with Gasteiger partial charge in [-0.3, -0.25) is 4.79 Å². The number of nitrogens with zero attached hydrogens (tertiary/aromatic N) is 2. The number of carboxylic acid groups (broad SMARTS) is 1. The summed E-state index contributed by atoms with van der Waals surface area (Å²) in [7, 11) is 0. The van der Waals surface area contributed by atoms with Crippen molar-refractivity contribution in [3.05, 3.63) is 40.3 Å². The lowest BCUT2D eigenvalue weighted by Crippen LogP contribution is -2.21. The number of carboxylic acids is 1. The van der Waals surface area contributed by atoms with E-state index < -0.39 is 11.4 Å². The van der Waals surface area contributed by atoms with E-state index in [2.05, 4.69) is 4.98 Å². The van der Waals surface area contributed by atoms with Gasteiger partial charge in [0.2, 0.25) is 5.43 Å². The Morgan fingerprint density at radius 3 is 2.79 bits per heavy atom. The summed E-state index contributed by atoms with van der Waals surface area (Å²) in [6.07, 6.45) is 7.37. The van der Waals surface area contributed by atoms with Crippen molar-refractivity contribution in [1.82, 2.24) is 9.55 Å². The van der Waals surface area contributed by atoms with E-state index in [0.29, 0.717) is 11.0 Å². The molecule has 0 unspecified atom stereocenters. The molecule has 0 spiro atoms. The van der Waals surface area contributed by atoms with Crippen molar-refractivity contribution in [3.8, 4) is 0 Å². The number of fused-ring (bicyclic) bond motifs is 1. The van der Waals surface area contributed by atoms with E-state index in [4.69, 9.17) is 5.11 Å². The molecule has 0 saturated heterocycles. The standard InChI is InChI=1S/C14H14N2O3/c17-12-10-6-3-7-15-13(10)16(8-11(12)14(18)19)9-4-1-2-5-9/h3,6-9H,1-2,4-5H2,(H,18,19). The van der Waals surface area contributed by atoms with E-state index in [1.807, 2.05) is 4.57 Å². The summed E-state index contributed by atoms with van der Waals surface area (Å²) in [6, 6.07) is 3.55. The molecule has 1 aliphatic rings. The molecule has 2 heterocycles. The molecule has 0 amide bonds. The molecule has 5 heteroatoms. The molecule has 0 aromatic carbocycles. The van der Waals surface area contributed by atoms with Gasteiger partial charge in [-0.15, -0.1) is 0 Å². The number of hydrogen-bond donors (Lipinski definition) is 1. The summed E-state index contributed by atoms with van der Waals surface area (Å²) in [5.74, 6) is -1.18. The second-order valence-electron chi connectivity index (χ2n) is 4.90. The van der Waals surface area contributed by atoms with Crippen molar-refractivity contribution in [2.75, 3.05) is 0 Å². The first kappa shape index (κ1) is 11.9. The minimum absolute atomic E-state index is 0.174. The van der Waals surface area contributed by atoms with Crippen LogP contribution in [0.25, 0.3) is 11.0 Å². The Morgan fingerprint density at radius 1 is 1.37 bits per heavy atom. The van der Waals surface area contributed by atoms with Crippen LogP contribution in [0.4, 0.5) is 0 Å². The van der Waals surface area contributed by atoms with Crippen molar-refractivity contribution in [2.45, 2.75) is 31.7 Å². The van der Waals surface area contributed by atoms with E-state index >= 15 is 0 Å². The zero-order valence-electron chi connectivity index (χ0n) is 10.4. The minimum Gasteiger partial charge on any atom is -0.477 e. The fourth-order valence-electron chi connectivity index (χ4n) is 2.80. The van der Waals surface area contributed by atoms with Crippen LogP contribution in [-0.4, -0.2) is 20.6 Å². The maximum atomic E-state index is 12.1. The Labute approximate surface area is 109 Å². The van der Waals surface area contributed by atoms with Crippen LogP contribution in [-0.2, 0) is 0 Å². The topological polar surface area (TPSA) is 72.2 Å². The zero-order valence-corrected chi connectivity index (χ0v) is 10.4. The summed E-state index contributed by atoms with van der Waals surface area (Å²) in [5.41, 5.74) is -0.0401. The molecular formula is C14H14N2O3. The quantitative estimate of drug-likeness (QED) is 0.896. The Kier molecular flexibility index (Phi) is 2.81. The van der Waals surface area contributed by atoms with Gasteiger partial charge in [0.1, 0.15) is 11.2 Å². The maximum Gasteiger partial charge on any atom is 0.341 e. The molecule has 19 heavy (non-hydrogen) atoms. The molecule has 98 valence electrons. The number of carbonyl (C=O) groups is 1. The third kappa shape index (κ3) is 1.91. The fraction of sp³-hybridized carbons (Fsp3) is 0.357. The molecule has 1 fully saturated rings. The Balaban J connectivity index is 2.33. The number of aromatic carboxylic acids is 1. The predicted molar refractivity (Wildman–Crippen MR) is 70.5 cm³/mol. The highest BCUT2D eigenvalue weighted by Gasteiger charge is 2.22. The van der Waals surface area contributed by atoms with Gasteiger partial charge in [0, 0.05) is 18.4 Å². The van der Waals surface area contributed by atoms with Crippen LogP contribution in [0.1, 0.15) is 42.1 Å². The van der Waals surface area contributed by atoms with Crippen molar-refractivity contribution in [3.63, 3.8) is 0 Å². The smallest absolute Gasteiger partial charge is 0.341 e. The van der Waals surface area contributed by atoms with E-state index in [1.165, 1.54) is 6.20 Å². The molecule has 0 aliphatic heterocycles. The molecule has 2 aromatic heterocycles. The van der Waals surface area contributed by atoms with E-state index in [9.17, 15) is 9.59 Å². The number of rotatable bonds is 2. The maximum absolute atomic E-state index is 12.1. The average molecular weight is 258 g/mol. The monoisotopic (exact) mass is 258 g/mol. The van der Waals surface area contributed by atoms with Crippen LogP contribution >= 0.6 is 0 Å². The molecule has 0 atom stereocenters. The van der Waals surface area contributed by atoms with Crippen LogP contribution in [0.3, 0.4) is 0 Å². The lowest BCUT2D eigenvalue weighted by Gasteiger charge is -2.17. The van der Waals surface area contributed by atoms with Gasteiger partial charge in [-0.1, -0.05) is 12.8 Å². The largest absolute Gasteiger partial charge is 0.477 e. The highest BCUT2D eigenvalue weighted by Crippen LogP contribution is 2.31. The van der Waals surface area contributed by atoms with E-state index in [-0.39, 0.29) is 11.6 Å². The van der Waals surface area contributed by atoms with E-state index in [1.54, 1.807) is 18.3 Å². The van der Waals surface area contributed by atoms with Gasteiger partial charge in [0.05, 0.1) is 5.39 Å². The molecule has 1 aliphatic carbocycles. The van der Waals surface area contributed by atoms with Crippen molar-refractivity contribution >= 4 is 17.0 Å². The van der Waals surface area contributed by atoms with Gasteiger partial charge in [0.15, 0.2) is 0 Å². The van der Waals surface area contributed by atoms with Gasteiger partial charge < -0.3 is 9.67 Å². The molecule has 0 bridgehead atoms. The summed E-state index contributed by atoms with van der Waals surface area (Å²) >= 11 is 0. The first-order valence-corrected chi connectivity index (χ1v) is 6.41. The van der Waals surface area contributed by atoms with Gasteiger partial charge in [-0.25, -0.2) is 9.78 Å². The van der Waals surface area contributed by atoms with Crippen molar-refractivity contribution < 1.29 is 9.90 Å². The van der Waals surface area contributed by atoms with Crippen LogP contribution < -0.4 is 5.43 Å². The fourth-order valence-corrected chi connectivity index (χ4v) is 2.80. The second-order valence-corrected chi connectivity index (χ2v) is 4.90. The highest BCUT2D eigenvalue weighted by atomic mass is 16.4. The van der Waals surface area contributed by atoms with Crippen molar-refractivity contribution in [1.29, 1.82) is 0 Å². The highest BCUT2D eigenvalue weighted by molar-refractivity contribution is 5.91. The molecule has 5 nitrogen and oxygen atoms in total. The SMILES string of the molecule is O=C(O)c1cn(C2CCCC2)c2ncccc2c1=O. The molecule has 3 rings (SSSR count). The predicted octanol–water partition coefficient (Wildman–Crippen LogP) is 2.21. The van der Waals surface area contributed by atoms with Crippen LogP contribution in [0.5, 0.6) is 0 Å². The third-order valence-electron chi connectivity index (χ3n) is 3.74. The normalized spacial score (nSPS) is 16.0. The first-order valence-electron chi connectivity index (χ1n) is 6.41. The van der Waals surface area contributed by atoms with E-state index in [0.717, 1.165) is 25.7 Å². The van der Waals surface area contributed by atoms with Gasteiger partial charge in [-0.05, 0) is 25.0 Å². The zero-order chi connectivity index (χ0) is 13.4. The molecule has 1 N–H and O–H groups in total. The Bertz CT molecular complexity index is 699. The number of pyridine rings is 2. The summed E-state index contributed by atoms with van der Waals surface area (Å²) < 4.78 is 1.87. The summed E-state index contributed by atoms with van der Waals surface area (Å²) in [6.45, 7) is 0. The van der Waals surface area contributed by atoms with Gasteiger partial charge >= 0.3 is 5.97 Å². The molecule has 2 aromatic rings. The lowest BCUT2D eigenvalue weighted by molar-refractivity contribution is 0.0694. The third-order valence-corrected chi connectivity index (χ3v) is 3.74. The Hall–Kier alpha value is -2.17. The number of aromatic nitrogens is 2. The summed E-state index contributed by atoms with van der Waals surface area (Å²) in [4.78, 5) is 27.6. The van der Waals surface area contributed by atoms with Crippen molar-refractivity contribution in [2.24, 2.45) is 0 Å². The van der Waals surface area contributed by atoms with Crippen LogP contribution in [0, 0.1) is 0 Å². The second kappa shape index (κ2) is 4.50. The average Bonchev–Trinajstić information content (AvgIpc) is 2.93.